The van der Waals surface area contributed by atoms with Crippen LogP contribution in [-0.4, -0.2) is 12.6 Å². The Morgan fingerprint density at radius 3 is 2.56 bits per heavy atom. The Labute approximate surface area is 97.8 Å². The van der Waals surface area contributed by atoms with Crippen LogP contribution in [0, 0.1) is 0 Å². The maximum absolute atomic E-state index is 6.10. The third-order valence-corrected chi connectivity index (χ3v) is 3.35. The fourth-order valence-corrected chi connectivity index (χ4v) is 2.43. The second kappa shape index (κ2) is 5.35. The molecular weight excluding hydrogens is 198 g/mol. The predicted molar refractivity (Wildman–Crippen MR) is 66.8 cm³/mol. The molecule has 0 spiro atoms. The van der Waals surface area contributed by atoms with Gasteiger partial charge in [-0.1, -0.05) is 25.5 Å². The molecule has 1 aromatic rings. The molecule has 0 amide bonds. The Morgan fingerprint density at radius 2 is 2.00 bits per heavy atom. The number of hydrogen-bond donors (Lipinski definition) is 1. The van der Waals surface area contributed by atoms with E-state index in [0.717, 1.165) is 18.8 Å². The van der Waals surface area contributed by atoms with Crippen LogP contribution in [0.2, 0.25) is 0 Å². The summed E-state index contributed by atoms with van der Waals surface area (Å²) >= 11 is 0. The fourth-order valence-electron chi connectivity index (χ4n) is 2.43. The first-order chi connectivity index (χ1) is 7.81. The van der Waals surface area contributed by atoms with E-state index in [2.05, 4.69) is 31.2 Å². The largest absolute Gasteiger partial charge is 0.494 e. The van der Waals surface area contributed by atoms with Gasteiger partial charge in [-0.2, -0.15) is 0 Å². The second-order valence-corrected chi connectivity index (χ2v) is 4.62. The Morgan fingerprint density at radius 1 is 1.25 bits per heavy atom. The summed E-state index contributed by atoms with van der Waals surface area (Å²) in [6.45, 7) is 2.91. The van der Waals surface area contributed by atoms with Crippen LogP contribution in [0.3, 0.4) is 0 Å². The average molecular weight is 219 g/mol. The van der Waals surface area contributed by atoms with Gasteiger partial charge in [-0.25, -0.2) is 0 Å². The van der Waals surface area contributed by atoms with Crippen molar-refractivity contribution in [2.45, 2.75) is 44.6 Å². The van der Waals surface area contributed by atoms with Crippen molar-refractivity contribution < 1.29 is 4.74 Å². The number of hydrogen-bond acceptors (Lipinski definition) is 2. The molecular formula is C14H21NO. The average Bonchev–Trinajstić information content (AvgIpc) is 2.74. The van der Waals surface area contributed by atoms with Gasteiger partial charge in [-0.15, -0.1) is 0 Å². The summed E-state index contributed by atoms with van der Waals surface area (Å²) in [5, 5.41) is 0. The summed E-state index contributed by atoms with van der Waals surface area (Å²) in [6.07, 6.45) is 4.71. The third kappa shape index (κ3) is 2.56. The molecule has 2 nitrogen and oxygen atoms in total. The van der Waals surface area contributed by atoms with Crippen LogP contribution in [0.15, 0.2) is 24.3 Å². The smallest absolute Gasteiger partial charge is 0.119 e. The van der Waals surface area contributed by atoms with Gasteiger partial charge in [0.15, 0.2) is 0 Å². The minimum Gasteiger partial charge on any atom is -0.494 e. The minimum absolute atomic E-state index is 0.349. The number of benzene rings is 1. The quantitative estimate of drug-likeness (QED) is 0.844. The molecule has 88 valence electrons. The highest BCUT2D eigenvalue weighted by atomic mass is 16.5. The number of ether oxygens (including phenoxy) is 1. The minimum atomic E-state index is 0.349. The first kappa shape index (κ1) is 11.5. The van der Waals surface area contributed by atoms with Gasteiger partial charge < -0.3 is 10.5 Å². The van der Waals surface area contributed by atoms with Gasteiger partial charge in [-0.05, 0) is 42.9 Å². The van der Waals surface area contributed by atoms with E-state index in [1.165, 1.54) is 24.8 Å². The molecule has 1 saturated carbocycles. The Balaban J connectivity index is 2.01. The van der Waals surface area contributed by atoms with Crippen LogP contribution in [0.1, 0.15) is 44.1 Å². The Kier molecular flexibility index (Phi) is 3.83. The van der Waals surface area contributed by atoms with Crippen molar-refractivity contribution >= 4 is 0 Å². The van der Waals surface area contributed by atoms with Crippen molar-refractivity contribution in [3.63, 3.8) is 0 Å². The molecule has 16 heavy (non-hydrogen) atoms. The molecule has 0 aliphatic heterocycles. The molecule has 2 rings (SSSR count). The lowest BCUT2D eigenvalue weighted by atomic mass is 9.95. The van der Waals surface area contributed by atoms with Gasteiger partial charge in [0.05, 0.1) is 6.61 Å². The zero-order valence-electron chi connectivity index (χ0n) is 9.99. The second-order valence-electron chi connectivity index (χ2n) is 4.62. The SMILES string of the molecule is CCCOc1ccc(C2CCCC2N)cc1. The zero-order chi connectivity index (χ0) is 11.4. The molecule has 2 N–H and O–H groups in total. The van der Waals surface area contributed by atoms with Gasteiger partial charge >= 0.3 is 0 Å². The summed E-state index contributed by atoms with van der Waals surface area (Å²) in [7, 11) is 0. The van der Waals surface area contributed by atoms with Crippen LogP contribution >= 0.6 is 0 Å². The highest BCUT2D eigenvalue weighted by Crippen LogP contribution is 2.33. The Hall–Kier alpha value is -1.02. The zero-order valence-corrected chi connectivity index (χ0v) is 9.99. The standard InChI is InChI=1S/C14H21NO/c1-2-10-16-12-8-6-11(7-9-12)13-4-3-5-14(13)15/h6-9,13-14H,2-5,10,15H2,1H3. The lowest BCUT2D eigenvalue weighted by Crippen LogP contribution is -2.22. The Bertz CT molecular complexity index is 320. The summed E-state index contributed by atoms with van der Waals surface area (Å²) < 4.78 is 5.57. The van der Waals surface area contributed by atoms with Crippen LogP contribution < -0.4 is 10.5 Å². The molecule has 1 fully saturated rings. The fraction of sp³-hybridized carbons (Fsp3) is 0.571. The molecule has 1 aliphatic rings. The van der Waals surface area contributed by atoms with Crippen molar-refractivity contribution in [2.24, 2.45) is 5.73 Å². The van der Waals surface area contributed by atoms with Gasteiger partial charge in [0.1, 0.15) is 5.75 Å². The molecule has 0 aromatic heterocycles. The molecule has 1 aliphatic carbocycles. The maximum Gasteiger partial charge on any atom is 0.119 e. The molecule has 0 saturated heterocycles. The van der Waals surface area contributed by atoms with Crippen molar-refractivity contribution in [3.8, 4) is 5.75 Å². The normalized spacial score (nSPS) is 24.6. The lowest BCUT2D eigenvalue weighted by Gasteiger charge is -2.16. The molecule has 2 atom stereocenters. The molecule has 2 heteroatoms. The number of rotatable bonds is 4. The topological polar surface area (TPSA) is 35.2 Å². The van der Waals surface area contributed by atoms with Crippen LogP contribution in [0.5, 0.6) is 5.75 Å². The predicted octanol–water partition coefficient (Wildman–Crippen LogP) is 3.07. The molecule has 2 unspecified atom stereocenters. The van der Waals surface area contributed by atoms with Crippen molar-refractivity contribution in [3.05, 3.63) is 29.8 Å². The van der Waals surface area contributed by atoms with E-state index in [1.807, 2.05) is 0 Å². The summed E-state index contributed by atoms with van der Waals surface area (Å²) in [5.41, 5.74) is 7.47. The van der Waals surface area contributed by atoms with Gasteiger partial charge in [0, 0.05) is 6.04 Å². The lowest BCUT2D eigenvalue weighted by molar-refractivity contribution is 0.317. The highest BCUT2D eigenvalue weighted by Gasteiger charge is 2.25. The number of nitrogens with two attached hydrogens (primary N) is 1. The molecule has 1 aromatic carbocycles. The summed E-state index contributed by atoms with van der Waals surface area (Å²) in [4.78, 5) is 0. The molecule has 0 radical (unpaired) electrons. The van der Waals surface area contributed by atoms with E-state index >= 15 is 0 Å². The van der Waals surface area contributed by atoms with Crippen LogP contribution in [0.4, 0.5) is 0 Å². The molecule has 0 heterocycles. The van der Waals surface area contributed by atoms with E-state index in [4.69, 9.17) is 10.5 Å². The van der Waals surface area contributed by atoms with E-state index < -0.39 is 0 Å². The third-order valence-electron chi connectivity index (χ3n) is 3.35. The molecule has 0 bridgehead atoms. The first-order valence-electron chi connectivity index (χ1n) is 6.29. The van der Waals surface area contributed by atoms with Crippen molar-refractivity contribution in [1.82, 2.24) is 0 Å². The van der Waals surface area contributed by atoms with Gasteiger partial charge in [0.25, 0.3) is 0 Å². The maximum atomic E-state index is 6.10. The summed E-state index contributed by atoms with van der Waals surface area (Å²) in [6, 6.07) is 8.82. The van der Waals surface area contributed by atoms with Gasteiger partial charge in [0.2, 0.25) is 0 Å². The van der Waals surface area contributed by atoms with E-state index in [0.29, 0.717) is 12.0 Å². The highest BCUT2D eigenvalue weighted by molar-refractivity contribution is 5.30. The summed E-state index contributed by atoms with van der Waals surface area (Å²) in [5.74, 6) is 1.53. The van der Waals surface area contributed by atoms with E-state index in [1.54, 1.807) is 0 Å². The monoisotopic (exact) mass is 219 g/mol. The van der Waals surface area contributed by atoms with Crippen LogP contribution in [-0.2, 0) is 0 Å². The van der Waals surface area contributed by atoms with E-state index in [-0.39, 0.29) is 0 Å². The van der Waals surface area contributed by atoms with E-state index in [9.17, 15) is 0 Å². The van der Waals surface area contributed by atoms with Crippen molar-refractivity contribution in [1.29, 1.82) is 0 Å². The van der Waals surface area contributed by atoms with Crippen LogP contribution in [0.25, 0.3) is 0 Å². The first-order valence-corrected chi connectivity index (χ1v) is 6.29. The van der Waals surface area contributed by atoms with Gasteiger partial charge in [-0.3, -0.25) is 0 Å². The van der Waals surface area contributed by atoms with Crippen molar-refractivity contribution in [2.75, 3.05) is 6.61 Å².